The maximum absolute atomic E-state index is 11.8. The third-order valence-electron chi connectivity index (χ3n) is 2.66. The Morgan fingerprint density at radius 1 is 1.47 bits per heavy atom. The molecule has 1 aromatic rings. The van der Waals surface area contributed by atoms with Gasteiger partial charge in [0.1, 0.15) is 5.69 Å². The molecule has 0 aromatic carbocycles. The molecule has 1 N–H and O–H groups in total. The first-order valence-electron chi connectivity index (χ1n) is 6.03. The smallest absolute Gasteiger partial charge is 0.269 e. The van der Waals surface area contributed by atoms with Crippen molar-refractivity contribution < 1.29 is 4.79 Å². The minimum absolute atomic E-state index is 0.110. The highest BCUT2D eigenvalue weighted by molar-refractivity contribution is 6.17. The Morgan fingerprint density at radius 3 is 2.88 bits per heavy atom. The number of nitrogens with zero attached hydrogens (tertiary/aromatic N) is 1. The Balaban J connectivity index is 2.41. The molecule has 4 heteroatoms. The monoisotopic (exact) mass is 254 g/mol. The Bertz CT molecular complexity index is 323. The van der Waals surface area contributed by atoms with E-state index in [-0.39, 0.29) is 5.91 Å². The lowest BCUT2D eigenvalue weighted by Gasteiger charge is -2.15. The predicted molar refractivity (Wildman–Crippen MR) is 70.3 cm³/mol. The van der Waals surface area contributed by atoms with Gasteiger partial charge in [-0.15, -0.1) is 11.6 Å². The van der Waals surface area contributed by atoms with Crippen molar-refractivity contribution in [1.82, 2.24) is 10.3 Å². The zero-order chi connectivity index (χ0) is 12.5. The van der Waals surface area contributed by atoms with Crippen LogP contribution in [-0.2, 0) is 0 Å². The molecule has 1 atom stereocenters. The Kier molecular flexibility index (Phi) is 6.63. The van der Waals surface area contributed by atoms with Crippen molar-refractivity contribution in [1.29, 1.82) is 0 Å². The first-order valence-corrected chi connectivity index (χ1v) is 6.56. The van der Waals surface area contributed by atoms with E-state index in [0.717, 1.165) is 19.3 Å². The molecule has 1 heterocycles. The van der Waals surface area contributed by atoms with Crippen molar-refractivity contribution in [3.63, 3.8) is 0 Å². The number of hydrogen-bond acceptors (Lipinski definition) is 2. The average molecular weight is 255 g/mol. The van der Waals surface area contributed by atoms with E-state index in [1.165, 1.54) is 0 Å². The van der Waals surface area contributed by atoms with Crippen molar-refractivity contribution >= 4 is 17.5 Å². The minimum Gasteiger partial charge on any atom is -0.350 e. The zero-order valence-electron chi connectivity index (χ0n) is 10.2. The molecule has 0 bridgehead atoms. The van der Waals surface area contributed by atoms with Crippen LogP contribution < -0.4 is 5.32 Å². The van der Waals surface area contributed by atoms with E-state index in [4.69, 9.17) is 11.6 Å². The molecule has 1 rings (SSSR count). The van der Waals surface area contributed by atoms with Gasteiger partial charge < -0.3 is 5.32 Å². The van der Waals surface area contributed by atoms with Crippen LogP contribution in [0.1, 0.15) is 36.7 Å². The number of nitrogens with one attached hydrogen (secondary N) is 1. The second-order valence-electron chi connectivity index (χ2n) is 4.06. The van der Waals surface area contributed by atoms with Gasteiger partial charge in [-0.2, -0.15) is 0 Å². The lowest BCUT2D eigenvalue weighted by molar-refractivity contribution is 0.0941. The lowest BCUT2D eigenvalue weighted by atomic mass is 10.0. The molecule has 0 aliphatic heterocycles. The highest BCUT2D eigenvalue weighted by Crippen LogP contribution is 2.11. The Hall–Kier alpha value is -1.09. The molecular formula is C13H19ClN2O. The Labute approximate surface area is 108 Å². The largest absolute Gasteiger partial charge is 0.350 e. The summed E-state index contributed by atoms with van der Waals surface area (Å²) >= 11 is 5.74. The van der Waals surface area contributed by atoms with Gasteiger partial charge in [-0.25, -0.2) is 0 Å². The topological polar surface area (TPSA) is 42.0 Å². The quantitative estimate of drug-likeness (QED) is 0.761. The van der Waals surface area contributed by atoms with E-state index in [0.29, 0.717) is 24.0 Å². The van der Waals surface area contributed by atoms with Crippen LogP contribution in [0.15, 0.2) is 24.4 Å². The van der Waals surface area contributed by atoms with Crippen molar-refractivity contribution in [3.8, 4) is 0 Å². The summed E-state index contributed by atoms with van der Waals surface area (Å²) in [7, 11) is 0. The molecule has 17 heavy (non-hydrogen) atoms. The fraction of sp³-hybridized carbons (Fsp3) is 0.538. The molecule has 1 unspecified atom stereocenters. The SMILES string of the molecule is CCCC(CCCl)CNC(=O)c1ccccn1. The fourth-order valence-electron chi connectivity index (χ4n) is 1.74. The van der Waals surface area contributed by atoms with Crippen LogP contribution >= 0.6 is 11.6 Å². The van der Waals surface area contributed by atoms with Crippen LogP contribution in [0.25, 0.3) is 0 Å². The molecule has 0 aliphatic rings. The molecule has 0 spiro atoms. The van der Waals surface area contributed by atoms with Gasteiger partial charge in [0, 0.05) is 18.6 Å². The van der Waals surface area contributed by atoms with Crippen LogP contribution in [0, 0.1) is 5.92 Å². The summed E-state index contributed by atoms with van der Waals surface area (Å²) in [4.78, 5) is 15.8. The number of carbonyl (C=O) groups is 1. The first kappa shape index (κ1) is 14.0. The molecule has 1 aromatic heterocycles. The molecule has 0 aliphatic carbocycles. The van der Waals surface area contributed by atoms with Gasteiger partial charge in [0.05, 0.1) is 0 Å². The van der Waals surface area contributed by atoms with Crippen LogP contribution in [0.4, 0.5) is 0 Å². The fourth-order valence-corrected chi connectivity index (χ4v) is 2.04. The predicted octanol–water partition coefficient (Wildman–Crippen LogP) is 2.86. The average Bonchev–Trinajstić information content (AvgIpc) is 2.37. The van der Waals surface area contributed by atoms with Gasteiger partial charge in [0.15, 0.2) is 0 Å². The van der Waals surface area contributed by atoms with Crippen LogP contribution in [0.5, 0.6) is 0 Å². The summed E-state index contributed by atoms with van der Waals surface area (Å²) < 4.78 is 0. The van der Waals surface area contributed by atoms with Gasteiger partial charge in [-0.05, 0) is 30.9 Å². The summed E-state index contributed by atoms with van der Waals surface area (Å²) in [6, 6.07) is 5.32. The molecule has 0 fully saturated rings. The van der Waals surface area contributed by atoms with E-state index in [9.17, 15) is 4.79 Å². The zero-order valence-corrected chi connectivity index (χ0v) is 10.9. The lowest BCUT2D eigenvalue weighted by Crippen LogP contribution is -2.30. The number of aromatic nitrogens is 1. The van der Waals surface area contributed by atoms with Gasteiger partial charge in [0.2, 0.25) is 0 Å². The van der Waals surface area contributed by atoms with Crippen molar-refractivity contribution in [2.24, 2.45) is 5.92 Å². The van der Waals surface area contributed by atoms with Gasteiger partial charge in [-0.3, -0.25) is 9.78 Å². The maximum atomic E-state index is 11.8. The molecule has 0 saturated heterocycles. The third-order valence-corrected chi connectivity index (χ3v) is 2.88. The summed E-state index contributed by atoms with van der Waals surface area (Å²) in [6.07, 6.45) is 4.77. The molecule has 3 nitrogen and oxygen atoms in total. The van der Waals surface area contributed by atoms with E-state index in [1.54, 1.807) is 18.3 Å². The second kappa shape index (κ2) is 8.07. The third kappa shape index (κ3) is 5.18. The summed E-state index contributed by atoms with van der Waals surface area (Å²) in [5, 5.41) is 2.91. The standard InChI is InChI=1S/C13H19ClN2O/c1-2-5-11(7-8-14)10-16-13(17)12-6-3-4-9-15-12/h3-4,6,9,11H,2,5,7-8,10H2,1H3,(H,16,17). The number of pyridine rings is 1. The number of hydrogen-bond donors (Lipinski definition) is 1. The highest BCUT2D eigenvalue weighted by Gasteiger charge is 2.10. The van der Waals surface area contributed by atoms with E-state index in [2.05, 4.69) is 17.2 Å². The minimum atomic E-state index is -0.110. The molecule has 1 amide bonds. The van der Waals surface area contributed by atoms with Crippen LogP contribution in [0.2, 0.25) is 0 Å². The van der Waals surface area contributed by atoms with E-state index in [1.807, 2.05) is 6.07 Å². The number of alkyl halides is 1. The summed E-state index contributed by atoms with van der Waals surface area (Å²) in [5.74, 6) is 0.996. The number of halogens is 1. The van der Waals surface area contributed by atoms with Crippen LogP contribution in [0.3, 0.4) is 0 Å². The number of carbonyl (C=O) groups excluding carboxylic acids is 1. The van der Waals surface area contributed by atoms with E-state index < -0.39 is 0 Å². The highest BCUT2D eigenvalue weighted by atomic mass is 35.5. The molecular weight excluding hydrogens is 236 g/mol. The van der Waals surface area contributed by atoms with Crippen LogP contribution in [-0.4, -0.2) is 23.3 Å². The van der Waals surface area contributed by atoms with Gasteiger partial charge in [0.25, 0.3) is 5.91 Å². The second-order valence-corrected chi connectivity index (χ2v) is 4.44. The number of amides is 1. The first-order chi connectivity index (χ1) is 8.27. The van der Waals surface area contributed by atoms with E-state index >= 15 is 0 Å². The van der Waals surface area contributed by atoms with Crippen molar-refractivity contribution in [3.05, 3.63) is 30.1 Å². The van der Waals surface area contributed by atoms with Crippen molar-refractivity contribution in [2.75, 3.05) is 12.4 Å². The normalized spacial score (nSPS) is 12.1. The Morgan fingerprint density at radius 2 is 2.29 bits per heavy atom. The molecule has 0 saturated carbocycles. The molecule has 94 valence electrons. The summed E-state index contributed by atoms with van der Waals surface area (Å²) in [6.45, 7) is 2.82. The molecule has 0 radical (unpaired) electrons. The van der Waals surface area contributed by atoms with Crippen molar-refractivity contribution in [2.45, 2.75) is 26.2 Å². The number of rotatable bonds is 7. The summed E-state index contributed by atoms with van der Waals surface area (Å²) in [5.41, 5.74) is 0.466. The maximum Gasteiger partial charge on any atom is 0.269 e. The van der Waals surface area contributed by atoms with Gasteiger partial charge in [-0.1, -0.05) is 19.4 Å². The van der Waals surface area contributed by atoms with Gasteiger partial charge >= 0.3 is 0 Å².